The first-order valence-corrected chi connectivity index (χ1v) is 5.86. The van der Waals surface area contributed by atoms with Crippen LogP contribution in [0.25, 0.3) is 0 Å². The summed E-state index contributed by atoms with van der Waals surface area (Å²) in [5, 5.41) is 8.43. The largest absolute Gasteiger partial charge is 0.481 e. The van der Waals surface area contributed by atoms with Gasteiger partial charge in [-0.15, -0.1) is 0 Å². The van der Waals surface area contributed by atoms with Gasteiger partial charge in [0.05, 0.1) is 0 Å². The number of hydrogen-bond donors (Lipinski definition) is 1. The van der Waals surface area contributed by atoms with E-state index in [1.807, 2.05) is 0 Å². The number of carbonyl (C=O) groups is 3. The maximum absolute atomic E-state index is 11.2. The molecule has 1 heterocycles. The molecule has 2 amide bonds. The Morgan fingerprint density at radius 1 is 1.00 bits per heavy atom. The summed E-state index contributed by atoms with van der Waals surface area (Å²) in [5.41, 5.74) is 0. The van der Waals surface area contributed by atoms with Crippen LogP contribution in [-0.2, 0) is 14.4 Å². The Balaban J connectivity index is 1.99. The van der Waals surface area contributed by atoms with Crippen molar-refractivity contribution in [2.75, 3.05) is 6.54 Å². The lowest BCUT2D eigenvalue weighted by molar-refractivity contribution is -0.138. The Morgan fingerprint density at radius 2 is 1.53 bits per heavy atom. The molecule has 0 atom stereocenters. The highest BCUT2D eigenvalue weighted by atomic mass is 16.4. The molecular formula is C12H17NO4. The van der Waals surface area contributed by atoms with Gasteiger partial charge >= 0.3 is 5.97 Å². The first kappa shape index (κ1) is 13.4. The van der Waals surface area contributed by atoms with Crippen LogP contribution < -0.4 is 0 Å². The van der Waals surface area contributed by atoms with E-state index < -0.39 is 5.97 Å². The van der Waals surface area contributed by atoms with Crippen molar-refractivity contribution in [3.05, 3.63) is 12.2 Å². The topological polar surface area (TPSA) is 74.7 Å². The molecule has 5 nitrogen and oxygen atoms in total. The Morgan fingerprint density at radius 3 is 2.12 bits per heavy atom. The third-order valence-electron chi connectivity index (χ3n) is 2.67. The zero-order valence-electron chi connectivity index (χ0n) is 9.72. The summed E-state index contributed by atoms with van der Waals surface area (Å²) < 4.78 is 0. The van der Waals surface area contributed by atoms with Crippen molar-refractivity contribution >= 4 is 17.8 Å². The van der Waals surface area contributed by atoms with Gasteiger partial charge in [-0.3, -0.25) is 19.3 Å². The fourth-order valence-corrected chi connectivity index (χ4v) is 1.73. The van der Waals surface area contributed by atoms with E-state index in [0.29, 0.717) is 13.0 Å². The van der Waals surface area contributed by atoms with Crippen molar-refractivity contribution in [3.8, 4) is 0 Å². The van der Waals surface area contributed by atoms with Crippen molar-refractivity contribution in [2.24, 2.45) is 0 Å². The predicted octanol–water partition coefficient (Wildman–Crippen LogP) is 1.34. The summed E-state index contributed by atoms with van der Waals surface area (Å²) in [6.45, 7) is 0.462. The maximum Gasteiger partial charge on any atom is 0.303 e. The molecular weight excluding hydrogens is 226 g/mol. The van der Waals surface area contributed by atoms with Crippen LogP contribution in [0.15, 0.2) is 12.2 Å². The summed E-state index contributed by atoms with van der Waals surface area (Å²) in [5.74, 6) is -1.23. The van der Waals surface area contributed by atoms with E-state index in [-0.39, 0.29) is 18.2 Å². The number of carboxylic acid groups (broad SMARTS) is 1. The molecule has 0 aliphatic carbocycles. The van der Waals surface area contributed by atoms with Gasteiger partial charge in [-0.25, -0.2) is 0 Å². The van der Waals surface area contributed by atoms with Crippen LogP contribution in [0.3, 0.4) is 0 Å². The summed E-state index contributed by atoms with van der Waals surface area (Å²) in [6, 6.07) is 0. The van der Waals surface area contributed by atoms with Crippen LogP contribution in [0, 0.1) is 0 Å². The molecule has 0 aromatic carbocycles. The Hall–Kier alpha value is -1.65. The molecule has 0 spiro atoms. The van der Waals surface area contributed by atoms with Crippen LogP contribution in [0.2, 0.25) is 0 Å². The third kappa shape index (κ3) is 4.80. The minimum Gasteiger partial charge on any atom is -0.481 e. The minimum atomic E-state index is -0.760. The van der Waals surface area contributed by atoms with E-state index >= 15 is 0 Å². The Labute approximate surface area is 100 Å². The maximum atomic E-state index is 11.2. The lowest BCUT2D eigenvalue weighted by Gasteiger charge is -2.12. The molecule has 17 heavy (non-hydrogen) atoms. The molecule has 0 aromatic heterocycles. The Kier molecular flexibility index (Phi) is 5.39. The minimum absolute atomic E-state index is 0.215. The highest BCUT2D eigenvalue weighted by Crippen LogP contribution is 2.09. The molecule has 94 valence electrons. The van der Waals surface area contributed by atoms with Gasteiger partial charge in [-0.05, 0) is 12.8 Å². The normalized spacial score (nSPS) is 14.7. The first-order chi connectivity index (χ1) is 8.11. The predicted molar refractivity (Wildman–Crippen MR) is 61.2 cm³/mol. The molecule has 0 bridgehead atoms. The number of hydrogen-bond acceptors (Lipinski definition) is 3. The van der Waals surface area contributed by atoms with E-state index in [1.165, 1.54) is 17.1 Å². The third-order valence-corrected chi connectivity index (χ3v) is 2.67. The molecule has 0 unspecified atom stereocenters. The molecule has 0 saturated carbocycles. The van der Waals surface area contributed by atoms with E-state index in [0.717, 1.165) is 25.7 Å². The van der Waals surface area contributed by atoms with Crippen molar-refractivity contribution in [1.82, 2.24) is 4.90 Å². The molecule has 0 radical (unpaired) electrons. The van der Waals surface area contributed by atoms with Crippen molar-refractivity contribution in [2.45, 2.75) is 38.5 Å². The number of amides is 2. The number of carbonyl (C=O) groups excluding carboxylic acids is 2. The highest BCUT2D eigenvalue weighted by Gasteiger charge is 2.21. The van der Waals surface area contributed by atoms with Crippen LogP contribution >= 0.6 is 0 Å². The fraction of sp³-hybridized carbons (Fsp3) is 0.583. The number of rotatable bonds is 8. The van der Waals surface area contributed by atoms with Crippen molar-refractivity contribution < 1.29 is 19.5 Å². The zero-order valence-corrected chi connectivity index (χ0v) is 9.72. The molecule has 0 fully saturated rings. The molecule has 0 aromatic rings. The second-order valence-corrected chi connectivity index (χ2v) is 4.07. The van der Waals surface area contributed by atoms with E-state index in [1.54, 1.807) is 0 Å². The summed E-state index contributed by atoms with van der Waals surface area (Å²) in [7, 11) is 0. The van der Waals surface area contributed by atoms with Gasteiger partial charge in [0.15, 0.2) is 0 Å². The smallest absolute Gasteiger partial charge is 0.303 e. The number of nitrogens with zero attached hydrogens (tertiary/aromatic N) is 1. The summed E-state index contributed by atoms with van der Waals surface area (Å²) in [6.07, 6.45) is 7.00. The van der Waals surface area contributed by atoms with Crippen molar-refractivity contribution in [1.29, 1.82) is 0 Å². The molecule has 1 rings (SSSR count). The van der Waals surface area contributed by atoms with Gasteiger partial charge in [0.25, 0.3) is 11.8 Å². The van der Waals surface area contributed by atoms with Crippen molar-refractivity contribution in [3.63, 3.8) is 0 Å². The van der Waals surface area contributed by atoms with Gasteiger partial charge in [0.2, 0.25) is 0 Å². The molecule has 1 aliphatic heterocycles. The van der Waals surface area contributed by atoms with Gasteiger partial charge in [0.1, 0.15) is 0 Å². The first-order valence-electron chi connectivity index (χ1n) is 5.86. The standard InChI is InChI=1S/C12H17NO4/c14-10-7-8-11(15)13(10)9-5-3-1-2-4-6-12(16)17/h7-8H,1-6,9H2,(H,16,17)/i7+2,8+2. The average molecular weight is 243 g/mol. The summed E-state index contributed by atoms with van der Waals surface area (Å²) in [4.78, 5) is 33.8. The SMILES string of the molecule is O=C(O)CCCCCCCN1C(=O)[14CH]=[14CH]C1=O. The number of aliphatic carboxylic acids is 1. The lowest BCUT2D eigenvalue weighted by atomic mass is 10.1. The second-order valence-electron chi connectivity index (χ2n) is 4.07. The van der Waals surface area contributed by atoms with Crippen LogP contribution in [0.5, 0.6) is 0 Å². The molecule has 1 aliphatic rings. The number of unbranched alkanes of at least 4 members (excludes halogenated alkanes) is 4. The number of imide groups is 1. The molecule has 0 saturated heterocycles. The molecule has 5 heteroatoms. The van der Waals surface area contributed by atoms with Crippen LogP contribution in [0.1, 0.15) is 38.5 Å². The lowest BCUT2D eigenvalue weighted by Crippen LogP contribution is -2.30. The quantitative estimate of drug-likeness (QED) is 0.515. The Bertz CT molecular complexity index is 317. The monoisotopic (exact) mass is 243 g/mol. The average Bonchev–Trinajstić information content (AvgIpc) is 2.58. The van der Waals surface area contributed by atoms with Gasteiger partial charge in [-0.2, -0.15) is 0 Å². The van der Waals surface area contributed by atoms with Gasteiger partial charge in [0, 0.05) is 25.1 Å². The van der Waals surface area contributed by atoms with Gasteiger partial charge in [-0.1, -0.05) is 19.3 Å². The van der Waals surface area contributed by atoms with E-state index in [9.17, 15) is 14.4 Å². The second kappa shape index (κ2) is 6.83. The highest BCUT2D eigenvalue weighted by molar-refractivity contribution is 6.12. The van der Waals surface area contributed by atoms with Crippen LogP contribution in [0.4, 0.5) is 0 Å². The van der Waals surface area contributed by atoms with E-state index in [2.05, 4.69) is 0 Å². The number of carboxylic acids is 1. The van der Waals surface area contributed by atoms with Crippen LogP contribution in [-0.4, -0.2) is 34.3 Å². The molecule has 1 N–H and O–H groups in total. The fourth-order valence-electron chi connectivity index (χ4n) is 1.73. The summed E-state index contributed by atoms with van der Waals surface area (Å²) >= 11 is 0. The van der Waals surface area contributed by atoms with E-state index in [4.69, 9.17) is 5.11 Å². The van der Waals surface area contributed by atoms with Gasteiger partial charge < -0.3 is 5.11 Å². The zero-order chi connectivity index (χ0) is 12.7.